The Labute approximate surface area is 240 Å². The third-order valence-electron chi connectivity index (χ3n) is 8.84. The number of fused-ring (bicyclic) bond motifs is 2. The van der Waals surface area contributed by atoms with Crippen molar-refractivity contribution in [3.63, 3.8) is 0 Å². The molecule has 1 saturated carbocycles. The third kappa shape index (κ3) is 5.20. The number of carbonyl (C=O) groups is 1. The van der Waals surface area contributed by atoms with Crippen molar-refractivity contribution >= 4 is 39.6 Å². The largest absolute Gasteiger partial charge is 0.368 e. The molecule has 2 fully saturated rings. The van der Waals surface area contributed by atoms with Crippen LogP contribution in [-0.2, 0) is 4.79 Å². The number of benzene rings is 2. The van der Waals surface area contributed by atoms with Gasteiger partial charge in [-0.25, -0.2) is 0 Å². The minimum Gasteiger partial charge on any atom is -0.368 e. The number of hydrogen-bond acceptors (Lipinski definition) is 6. The number of carbonyl (C=O) groups excluding carboxylic acids is 1. The summed E-state index contributed by atoms with van der Waals surface area (Å²) in [7, 11) is 2.19. The monoisotopic (exact) mass is 547 g/mol. The third-order valence-corrected chi connectivity index (χ3v) is 8.84. The van der Waals surface area contributed by atoms with Crippen LogP contribution in [0.4, 0.5) is 17.1 Å². The van der Waals surface area contributed by atoms with Gasteiger partial charge in [0.2, 0.25) is 5.91 Å². The first kappa shape index (κ1) is 25.8. The first-order valence-corrected chi connectivity index (χ1v) is 14.9. The van der Waals surface area contributed by atoms with Crippen molar-refractivity contribution in [2.45, 2.75) is 32.1 Å². The number of rotatable bonds is 5. The van der Waals surface area contributed by atoms with Crippen LogP contribution in [0.5, 0.6) is 0 Å². The maximum absolute atomic E-state index is 12.8. The highest BCUT2D eigenvalue weighted by Gasteiger charge is 2.23. The summed E-state index contributed by atoms with van der Waals surface area (Å²) in [6.07, 6.45) is 9.05. The maximum atomic E-state index is 12.8. The smallest absolute Gasteiger partial charge is 0.227 e. The normalized spacial score (nSPS) is 18.1. The second-order valence-electron chi connectivity index (χ2n) is 11.6. The quantitative estimate of drug-likeness (QED) is 0.297. The lowest BCUT2D eigenvalue weighted by atomic mass is 9.88. The van der Waals surface area contributed by atoms with E-state index in [2.05, 4.69) is 79.9 Å². The fraction of sp³-hybridized carbons (Fsp3) is 0.364. The van der Waals surface area contributed by atoms with Gasteiger partial charge in [-0.15, -0.1) is 0 Å². The molecular weight excluding hydrogens is 510 g/mol. The van der Waals surface area contributed by atoms with Crippen LogP contribution in [0.25, 0.3) is 22.0 Å². The predicted octanol–water partition coefficient (Wildman–Crippen LogP) is 5.72. The number of piperazine rings is 1. The van der Waals surface area contributed by atoms with Crippen molar-refractivity contribution in [2.75, 3.05) is 55.4 Å². The lowest BCUT2D eigenvalue weighted by Crippen LogP contribution is -2.44. The number of likely N-dealkylation sites (N-methyl/N-ethyl adjacent to an activating group) is 1. The number of aromatic nitrogens is 2. The fourth-order valence-electron chi connectivity index (χ4n) is 6.46. The summed E-state index contributed by atoms with van der Waals surface area (Å²) in [4.78, 5) is 30.8. The summed E-state index contributed by atoms with van der Waals surface area (Å²) in [5, 5.41) is 7.78. The van der Waals surface area contributed by atoms with Gasteiger partial charge in [-0.2, -0.15) is 0 Å². The summed E-state index contributed by atoms with van der Waals surface area (Å²) in [6, 6.07) is 17.2. The first-order chi connectivity index (χ1) is 20.1. The summed E-state index contributed by atoms with van der Waals surface area (Å²) in [5.74, 6) is 0.219. The molecular formula is C33H37N7O. The molecule has 7 rings (SSSR count). The molecule has 2 aromatic heterocycles. The van der Waals surface area contributed by atoms with Gasteiger partial charge in [-0.3, -0.25) is 14.8 Å². The minimum atomic E-state index is 0.106. The molecule has 1 amide bonds. The number of H-pyrrole nitrogens is 1. The second kappa shape index (κ2) is 11.0. The van der Waals surface area contributed by atoms with Crippen molar-refractivity contribution in [2.24, 2.45) is 10.9 Å². The molecule has 0 unspecified atom stereocenters. The summed E-state index contributed by atoms with van der Waals surface area (Å²) >= 11 is 0. The van der Waals surface area contributed by atoms with Gasteiger partial charge in [0.1, 0.15) is 6.67 Å². The number of pyridine rings is 1. The number of amides is 1. The Morgan fingerprint density at radius 2 is 1.80 bits per heavy atom. The lowest BCUT2D eigenvalue weighted by Gasteiger charge is -2.34. The first-order valence-electron chi connectivity index (χ1n) is 14.9. The fourth-order valence-corrected chi connectivity index (χ4v) is 6.46. The number of nitrogens with zero attached hydrogens (tertiary/aromatic N) is 4. The number of aliphatic imine (C=N–C) groups is 1. The van der Waals surface area contributed by atoms with Crippen LogP contribution in [-0.4, -0.2) is 66.4 Å². The van der Waals surface area contributed by atoms with Crippen molar-refractivity contribution in [1.29, 1.82) is 0 Å². The minimum absolute atomic E-state index is 0.106. The van der Waals surface area contributed by atoms with E-state index in [1.54, 1.807) is 6.20 Å². The van der Waals surface area contributed by atoms with E-state index in [4.69, 9.17) is 4.99 Å². The van der Waals surface area contributed by atoms with Crippen LogP contribution >= 0.6 is 0 Å². The average Bonchev–Trinajstić information content (AvgIpc) is 3.46. The number of anilines is 3. The second-order valence-corrected chi connectivity index (χ2v) is 11.6. The Hall–Kier alpha value is -4.17. The van der Waals surface area contributed by atoms with E-state index in [9.17, 15) is 4.79 Å². The van der Waals surface area contributed by atoms with Crippen LogP contribution in [0.1, 0.15) is 43.4 Å². The van der Waals surface area contributed by atoms with E-state index < -0.39 is 0 Å². The predicted molar refractivity (Wildman–Crippen MR) is 167 cm³/mol. The molecule has 41 heavy (non-hydrogen) atoms. The number of nitrogens with one attached hydrogen (secondary N) is 3. The summed E-state index contributed by atoms with van der Waals surface area (Å²) in [5.41, 5.74) is 9.24. The molecule has 0 spiro atoms. The van der Waals surface area contributed by atoms with Gasteiger partial charge in [0.25, 0.3) is 0 Å². The van der Waals surface area contributed by atoms with Gasteiger partial charge in [0, 0.05) is 71.7 Å². The number of aromatic amines is 1. The van der Waals surface area contributed by atoms with Crippen LogP contribution in [0, 0.1) is 5.92 Å². The average molecular weight is 548 g/mol. The van der Waals surface area contributed by atoms with Crippen molar-refractivity contribution in [1.82, 2.24) is 14.9 Å². The molecule has 0 bridgehead atoms. The maximum Gasteiger partial charge on any atom is 0.227 e. The summed E-state index contributed by atoms with van der Waals surface area (Å²) in [6.45, 7) is 4.74. The Morgan fingerprint density at radius 1 is 0.951 bits per heavy atom. The van der Waals surface area contributed by atoms with Crippen LogP contribution in [0.15, 0.2) is 65.9 Å². The molecule has 1 saturated heterocycles. The van der Waals surface area contributed by atoms with Crippen LogP contribution < -0.4 is 15.5 Å². The zero-order valence-electron chi connectivity index (χ0n) is 23.6. The zero-order chi connectivity index (χ0) is 27.8. The van der Waals surface area contributed by atoms with Gasteiger partial charge >= 0.3 is 0 Å². The number of hydrogen-bond donors (Lipinski definition) is 3. The molecule has 1 aliphatic carbocycles. The Balaban J connectivity index is 1.18. The molecule has 4 aromatic rings. The van der Waals surface area contributed by atoms with Crippen LogP contribution in [0.3, 0.4) is 0 Å². The molecule has 3 aliphatic rings. The molecule has 2 aliphatic heterocycles. The van der Waals surface area contributed by atoms with Gasteiger partial charge in [-0.05, 0) is 61.9 Å². The molecule has 2 aromatic carbocycles. The Bertz CT molecular complexity index is 1610. The molecule has 4 heterocycles. The molecule has 0 atom stereocenters. The van der Waals surface area contributed by atoms with E-state index in [0.717, 1.165) is 96.8 Å². The van der Waals surface area contributed by atoms with Gasteiger partial charge in [0.15, 0.2) is 0 Å². The van der Waals surface area contributed by atoms with Gasteiger partial charge < -0.3 is 25.4 Å². The zero-order valence-corrected chi connectivity index (χ0v) is 23.6. The van der Waals surface area contributed by atoms with E-state index in [1.165, 1.54) is 17.5 Å². The SMILES string of the molecule is CN1CCN(c2cccc3[nH]c(C4=NCNc5ccc(-c6cncc(NC(=O)C7CCCCC7)c6)cc54)cc23)CC1. The molecule has 8 heteroatoms. The summed E-state index contributed by atoms with van der Waals surface area (Å²) < 4.78 is 0. The van der Waals surface area contributed by atoms with E-state index in [0.29, 0.717) is 6.67 Å². The highest BCUT2D eigenvalue weighted by Crippen LogP contribution is 2.33. The lowest BCUT2D eigenvalue weighted by molar-refractivity contribution is -0.120. The molecule has 0 radical (unpaired) electrons. The highest BCUT2D eigenvalue weighted by atomic mass is 16.1. The highest BCUT2D eigenvalue weighted by molar-refractivity contribution is 6.18. The topological polar surface area (TPSA) is 88.7 Å². The Kier molecular flexibility index (Phi) is 6.92. The molecule has 210 valence electrons. The van der Waals surface area contributed by atoms with Crippen molar-refractivity contribution in [3.05, 3.63) is 72.2 Å². The van der Waals surface area contributed by atoms with Crippen molar-refractivity contribution in [3.8, 4) is 11.1 Å². The Morgan fingerprint density at radius 3 is 2.66 bits per heavy atom. The van der Waals surface area contributed by atoms with Crippen LogP contribution in [0.2, 0.25) is 0 Å². The van der Waals surface area contributed by atoms with E-state index in [1.807, 2.05) is 12.3 Å². The van der Waals surface area contributed by atoms with Gasteiger partial charge in [0.05, 0.1) is 23.3 Å². The molecule has 3 N–H and O–H groups in total. The van der Waals surface area contributed by atoms with Crippen molar-refractivity contribution < 1.29 is 4.79 Å². The molecule has 8 nitrogen and oxygen atoms in total. The van der Waals surface area contributed by atoms with Gasteiger partial charge in [-0.1, -0.05) is 31.4 Å². The standard InChI is InChI=1S/C33H37N7O/c1-39-12-14-40(15-13-39)31-9-5-8-29-26(31)18-30(38-29)32-27-17-23(10-11-28(27)35-21-36-32)24-16-25(20-34-19-24)37-33(41)22-6-3-2-4-7-22/h5,8-11,16-20,22,35,38H,2-4,6-7,12-15,21H2,1H3,(H,37,41). The van der Waals surface area contributed by atoms with E-state index in [-0.39, 0.29) is 11.8 Å². The van der Waals surface area contributed by atoms with E-state index >= 15 is 0 Å².